The van der Waals surface area contributed by atoms with E-state index < -0.39 is 0 Å². The van der Waals surface area contributed by atoms with Crippen molar-refractivity contribution >= 4 is 22.6 Å². The fraction of sp³-hybridized carbons (Fsp3) is 0.400. The highest BCUT2D eigenvalue weighted by molar-refractivity contribution is 6.33. The van der Waals surface area contributed by atoms with Gasteiger partial charge in [0.2, 0.25) is 0 Å². The quantitative estimate of drug-likeness (QED) is 0.709. The maximum Gasteiger partial charge on any atom is 0.156 e. The fourth-order valence-electron chi connectivity index (χ4n) is 1.68. The molecule has 4 heteroatoms. The van der Waals surface area contributed by atoms with E-state index in [-0.39, 0.29) is 0 Å². The Balaban J connectivity index is 2.10. The number of nitrogens with zero attached hydrogens (tertiary/aromatic N) is 3. The first-order valence-electron chi connectivity index (χ1n) is 4.80. The van der Waals surface area contributed by atoms with E-state index in [0.29, 0.717) is 5.15 Å². The molecule has 3 nitrogen and oxygen atoms in total. The van der Waals surface area contributed by atoms with Crippen LogP contribution in [0.25, 0.3) is 11.0 Å². The minimum absolute atomic E-state index is 0.497. The van der Waals surface area contributed by atoms with Gasteiger partial charge in [-0.25, -0.2) is 9.97 Å². The zero-order valence-electron chi connectivity index (χ0n) is 7.65. The van der Waals surface area contributed by atoms with E-state index >= 15 is 0 Å². The largest absolute Gasteiger partial charge is 0.330 e. The van der Waals surface area contributed by atoms with Crippen molar-refractivity contribution in [2.75, 3.05) is 0 Å². The van der Waals surface area contributed by atoms with Crippen LogP contribution < -0.4 is 0 Å². The van der Waals surface area contributed by atoms with E-state index in [1.54, 1.807) is 6.20 Å². The maximum atomic E-state index is 5.94. The SMILES string of the molecule is Clc1nccc2c1ncn2CC1CC1. The number of imidazole rings is 1. The number of rotatable bonds is 2. The second kappa shape index (κ2) is 2.95. The third kappa shape index (κ3) is 1.28. The van der Waals surface area contributed by atoms with Crippen LogP contribution >= 0.6 is 11.6 Å². The van der Waals surface area contributed by atoms with Crippen LogP contribution in [0, 0.1) is 5.92 Å². The van der Waals surface area contributed by atoms with Gasteiger partial charge >= 0.3 is 0 Å². The molecule has 1 saturated carbocycles. The van der Waals surface area contributed by atoms with Gasteiger partial charge in [0.25, 0.3) is 0 Å². The third-order valence-electron chi connectivity index (χ3n) is 2.65. The number of halogens is 1. The van der Waals surface area contributed by atoms with Crippen molar-refractivity contribution in [3.63, 3.8) is 0 Å². The number of hydrogen-bond donors (Lipinski definition) is 0. The highest BCUT2D eigenvalue weighted by atomic mass is 35.5. The summed E-state index contributed by atoms with van der Waals surface area (Å²) in [7, 11) is 0. The first-order chi connectivity index (χ1) is 6.84. The molecular weight excluding hydrogens is 198 g/mol. The molecule has 0 spiro atoms. The molecular formula is C10H10ClN3. The molecule has 0 radical (unpaired) electrons. The summed E-state index contributed by atoms with van der Waals surface area (Å²) in [4.78, 5) is 8.27. The van der Waals surface area contributed by atoms with Crippen molar-refractivity contribution in [1.29, 1.82) is 0 Å². The topological polar surface area (TPSA) is 30.7 Å². The average molecular weight is 208 g/mol. The van der Waals surface area contributed by atoms with Gasteiger partial charge in [-0.15, -0.1) is 0 Å². The van der Waals surface area contributed by atoms with Crippen molar-refractivity contribution in [2.45, 2.75) is 19.4 Å². The van der Waals surface area contributed by atoms with E-state index in [1.165, 1.54) is 12.8 Å². The molecule has 2 aromatic heterocycles. The molecule has 0 amide bonds. The van der Waals surface area contributed by atoms with Crippen LogP contribution in [0.3, 0.4) is 0 Å². The Morgan fingerprint density at radius 2 is 2.29 bits per heavy atom. The van der Waals surface area contributed by atoms with Gasteiger partial charge in [0.15, 0.2) is 5.15 Å². The zero-order valence-corrected chi connectivity index (χ0v) is 8.41. The molecule has 2 aromatic rings. The predicted octanol–water partition coefficient (Wildman–Crippen LogP) is 2.49. The minimum atomic E-state index is 0.497. The Hall–Kier alpha value is -1.09. The Kier molecular flexibility index (Phi) is 1.74. The number of pyridine rings is 1. The van der Waals surface area contributed by atoms with Crippen molar-refractivity contribution in [3.8, 4) is 0 Å². The molecule has 3 rings (SSSR count). The second-order valence-corrected chi connectivity index (χ2v) is 4.17. The van der Waals surface area contributed by atoms with E-state index in [9.17, 15) is 0 Å². The van der Waals surface area contributed by atoms with Crippen LogP contribution in [0.4, 0.5) is 0 Å². The zero-order chi connectivity index (χ0) is 9.54. The van der Waals surface area contributed by atoms with Crippen LogP contribution in [0.5, 0.6) is 0 Å². The Bertz CT molecular complexity index is 473. The van der Waals surface area contributed by atoms with Gasteiger partial charge in [-0.1, -0.05) is 11.6 Å². The molecule has 1 aliphatic carbocycles. The number of fused-ring (bicyclic) bond motifs is 1. The highest BCUT2D eigenvalue weighted by Crippen LogP contribution is 2.32. The van der Waals surface area contributed by atoms with Gasteiger partial charge < -0.3 is 4.57 Å². The molecule has 0 atom stereocenters. The summed E-state index contributed by atoms with van der Waals surface area (Å²) >= 11 is 5.94. The van der Waals surface area contributed by atoms with Crippen LogP contribution in [0.2, 0.25) is 5.15 Å². The molecule has 0 unspecified atom stereocenters. The molecule has 0 aliphatic heterocycles. The lowest BCUT2D eigenvalue weighted by Crippen LogP contribution is -1.97. The van der Waals surface area contributed by atoms with Crippen molar-refractivity contribution in [2.24, 2.45) is 5.92 Å². The standard InChI is InChI=1S/C10H10ClN3/c11-10-9-8(3-4-12-10)14(6-13-9)5-7-1-2-7/h3-4,6-7H,1-2,5H2. The smallest absolute Gasteiger partial charge is 0.156 e. The summed E-state index contributed by atoms with van der Waals surface area (Å²) in [6, 6.07) is 1.97. The molecule has 2 heterocycles. The van der Waals surface area contributed by atoms with Gasteiger partial charge in [0.05, 0.1) is 11.8 Å². The summed E-state index contributed by atoms with van der Waals surface area (Å²) in [5.74, 6) is 0.847. The molecule has 72 valence electrons. The lowest BCUT2D eigenvalue weighted by molar-refractivity contribution is 0.642. The van der Waals surface area contributed by atoms with E-state index in [0.717, 1.165) is 23.5 Å². The molecule has 1 fully saturated rings. The van der Waals surface area contributed by atoms with Gasteiger partial charge in [-0.2, -0.15) is 0 Å². The maximum absolute atomic E-state index is 5.94. The number of aromatic nitrogens is 3. The summed E-state index contributed by atoms with van der Waals surface area (Å²) < 4.78 is 2.17. The second-order valence-electron chi connectivity index (χ2n) is 3.81. The minimum Gasteiger partial charge on any atom is -0.330 e. The first-order valence-corrected chi connectivity index (χ1v) is 5.18. The fourth-order valence-corrected chi connectivity index (χ4v) is 1.89. The predicted molar refractivity (Wildman–Crippen MR) is 55.3 cm³/mol. The van der Waals surface area contributed by atoms with E-state index in [4.69, 9.17) is 11.6 Å². The van der Waals surface area contributed by atoms with Crippen LogP contribution in [0.1, 0.15) is 12.8 Å². The van der Waals surface area contributed by atoms with Gasteiger partial charge in [-0.05, 0) is 24.8 Å². The third-order valence-corrected chi connectivity index (χ3v) is 2.92. The molecule has 0 bridgehead atoms. The molecule has 0 N–H and O–H groups in total. The molecule has 0 aromatic carbocycles. The Morgan fingerprint density at radius 3 is 3.07 bits per heavy atom. The van der Waals surface area contributed by atoms with Gasteiger partial charge in [-0.3, -0.25) is 0 Å². The summed E-state index contributed by atoms with van der Waals surface area (Å²) in [5, 5.41) is 0.497. The Morgan fingerprint density at radius 1 is 1.43 bits per heavy atom. The lowest BCUT2D eigenvalue weighted by atomic mass is 10.3. The summed E-state index contributed by atoms with van der Waals surface area (Å²) in [6.45, 7) is 1.07. The number of hydrogen-bond acceptors (Lipinski definition) is 2. The van der Waals surface area contributed by atoms with Crippen LogP contribution in [0.15, 0.2) is 18.6 Å². The van der Waals surface area contributed by atoms with E-state index in [1.807, 2.05) is 12.4 Å². The van der Waals surface area contributed by atoms with Crippen molar-refractivity contribution < 1.29 is 0 Å². The monoisotopic (exact) mass is 207 g/mol. The lowest BCUT2D eigenvalue weighted by Gasteiger charge is -2.01. The first kappa shape index (κ1) is 8.24. The Labute approximate surface area is 86.7 Å². The van der Waals surface area contributed by atoms with Gasteiger partial charge in [0, 0.05) is 12.7 Å². The van der Waals surface area contributed by atoms with Crippen LogP contribution in [-0.4, -0.2) is 14.5 Å². The van der Waals surface area contributed by atoms with Crippen molar-refractivity contribution in [1.82, 2.24) is 14.5 Å². The average Bonchev–Trinajstić information content (AvgIpc) is 2.88. The van der Waals surface area contributed by atoms with Crippen molar-refractivity contribution in [3.05, 3.63) is 23.7 Å². The summed E-state index contributed by atoms with van der Waals surface area (Å²) in [6.07, 6.45) is 6.28. The normalized spacial score (nSPS) is 16.4. The summed E-state index contributed by atoms with van der Waals surface area (Å²) in [5.41, 5.74) is 1.91. The van der Waals surface area contributed by atoms with Crippen LogP contribution in [-0.2, 0) is 6.54 Å². The highest BCUT2D eigenvalue weighted by Gasteiger charge is 2.22. The molecule has 14 heavy (non-hydrogen) atoms. The van der Waals surface area contributed by atoms with Gasteiger partial charge in [0.1, 0.15) is 5.52 Å². The molecule has 0 saturated heterocycles. The molecule has 1 aliphatic rings. The van der Waals surface area contributed by atoms with E-state index in [2.05, 4.69) is 14.5 Å².